The van der Waals surface area contributed by atoms with Crippen LogP contribution in [0.2, 0.25) is 0 Å². The van der Waals surface area contributed by atoms with Gasteiger partial charge in [0.2, 0.25) is 0 Å². The minimum atomic E-state index is 0.436. The summed E-state index contributed by atoms with van der Waals surface area (Å²) in [5.74, 6) is 0.436. The summed E-state index contributed by atoms with van der Waals surface area (Å²) in [4.78, 5) is 0. The van der Waals surface area contributed by atoms with Crippen LogP contribution in [0.5, 0.6) is 0 Å². The van der Waals surface area contributed by atoms with Gasteiger partial charge < -0.3 is 4.74 Å². The van der Waals surface area contributed by atoms with Gasteiger partial charge in [0, 0.05) is 11.2 Å². The quantitative estimate of drug-likeness (QED) is 0.415. The van der Waals surface area contributed by atoms with Gasteiger partial charge in [0.05, 0.1) is 13.2 Å². The van der Waals surface area contributed by atoms with E-state index in [4.69, 9.17) is 4.74 Å². The van der Waals surface area contributed by atoms with Crippen molar-refractivity contribution in [3.05, 3.63) is 48.0 Å². The lowest BCUT2D eigenvalue weighted by Crippen LogP contribution is -2.10. The lowest BCUT2D eigenvalue weighted by Gasteiger charge is -2.14. The van der Waals surface area contributed by atoms with Gasteiger partial charge in [-0.25, -0.2) is 0 Å². The van der Waals surface area contributed by atoms with Gasteiger partial charge in [-0.3, -0.25) is 0 Å². The molecule has 0 saturated heterocycles. The molecule has 0 saturated carbocycles. The van der Waals surface area contributed by atoms with Crippen LogP contribution < -0.4 is 0 Å². The fourth-order valence-electron chi connectivity index (χ4n) is 1.43. The summed E-state index contributed by atoms with van der Waals surface area (Å²) >= 11 is 3.54. The van der Waals surface area contributed by atoms with E-state index in [9.17, 15) is 0 Å². The maximum Gasteiger partial charge on any atom is 0.0542 e. The van der Waals surface area contributed by atoms with E-state index in [1.54, 1.807) is 0 Å². The summed E-state index contributed by atoms with van der Waals surface area (Å²) < 4.78 is 5.66. The van der Waals surface area contributed by atoms with Gasteiger partial charge in [-0.1, -0.05) is 51.8 Å². The molecule has 1 aromatic carbocycles. The van der Waals surface area contributed by atoms with Crippen LogP contribution in [0.4, 0.5) is 0 Å². The number of halogens is 1. The van der Waals surface area contributed by atoms with Crippen molar-refractivity contribution in [2.75, 3.05) is 18.5 Å². The fourth-order valence-corrected chi connectivity index (χ4v) is 1.99. The highest BCUT2D eigenvalue weighted by Gasteiger charge is 2.09. The zero-order valence-corrected chi connectivity index (χ0v) is 11.4. The van der Waals surface area contributed by atoms with Crippen molar-refractivity contribution in [2.24, 2.45) is 0 Å². The van der Waals surface area contributed by atoms with Crippen LogP contribution in [-0.2, 0) is 4.74 Å². The van der Waals surface area contributed by atoms with Crippen LogP contribution in [0.15, 0.2) is 42.5 Å². The van der Waals surface area contributed by atoms with Gasteiger partial charge in [0.25, 0.3) is 0 Å². The Morgan fingerprint density at radius 3 is 2.62 bits per heavy atom. The van der Waals surface area contributed by atoms with Gasteiger partial charge >= 0.3 is 0 Å². The monoisotopic (exact) mass is 282 g/mol. The fraction of sp³-hybridized carbons (Fsp3) is 0.429. The van der Waals surface area contributed by atoms with E-state index in [2.05, 4.69) is 46.8 Å². The Morgan fingerprint density at radius 1 is 1.38 bits per heavy atom. The maximum atomic E-state index is 5.66. The van der Waals surface area contributed by atoms with Crippen LogP contribution in [0.1, 0.15) is 24.8 Å². The summed E-state index contributed by atoms with van der Waals surface area (Å²) in [5, 5.41) is 0.935. The number of benzene rings is 1. The van der Waals surface area contributed by atoms with E-state index in [-0.39, 0.29) is 0 Å². The molecular weight excluding hydrogens is 264 g/mol. The maximum absolute atomic E-state index is 5.66. The van der Waals surface area contributed by atoms with Crippen molar-refractivity contribution < 1.29 is 4.74 Å². The predicted octanol–water partition coefficient (Wildman–Crippen LogP) is 4.15. The summed E-state index contributed by atoms with van der Waals surface area (Å²) in [6.45, 7) is 7.43. The van der Waals surface area contributed by atoms with E-state index in [0.29, 0.717) is 5.92 Å². The Bertz CT molecular complexity index is 308. The summed E-state index contributed by atoms with van der Waals surface area (Å²) in [5.41, 5.74) is 2.50. The van der Waals surface area contributed by atoms with Crippen molar-refractivity contribution in [1.29, 1.82) is 0 Å². The van der Waals surface area contributed by atoms with E-state index >= 15 is 0 Å². The van der Waals surface area contributed by atoms with Crippen molar-refractivity contribution in [3.63, 3.8) is 0 Å². The molecule has 0 spiro atoms. The first-order valence-corrected chi connectivity index (χ1v) is 6.69. The highest BCUT2D eigenvalue weighted by molar-refractivity contribution is 9.09. The Morgan fingerprint density at radius 2 is 2.06 bits per heavy atom. The summed E-state index contributed by atoms with van der Waals surface area (Å²) in [6.07, 6.45) is 0.948. The van der Waals surface area contributed by atoms with Gasteiger partial charge in [-0.05, 0) is 18.9 Å². The Balaban J connectivity index is 2.35. The molecule has 1 aromatic rings. The average molecular weight is 283 g/mol. The summed E-state index contributed by atoms with van der Waals surface area (Å²) in [7, 11) is 0. The summed E-state index contributed by atoms with van der Waals surface area (Å²) in [6, 6.07) is 10.5. The molecule has 0 fully saturated rings. The topological polar surface area (TPSA) is 9.23 Å². The molecule has 0 aliphatic carbocycles. The minimum Gasteiger partial charge on any atom is -0.380 e. The van der Waals surface area contributed by atoms with Crippen molar-refractivity contribution in [1.82, 2.24) is 0 Å². The largest absolute Gasteiger partial charge is 0.380 e. The smallest absolute Gasteiger partial charge is 0.0542 e. The van der Waals surface area contributed by atoms with Crippen LogP contribution in [0, 0.1) is 0 Å². The van der Waals surface area contributed by atoms with E-state index < -0.39 is 0 Å². The van der Waals surface area contributed by atoms with Crippen LogP contribution in [-0.4, -0.2) is 18.5 Å². The third-order valence-corrected chi connectivity index (χ3v) is 3.23. The van der Waals surface area contributed by atoms with Crippen LogP contribution in [0.25, 0.3) is 0 Å². The molecule has 88 valence electrons. The predicted molar refractivity (Wildman–Crippen MR) is 73.2 cm³/mol. The number of ether oxygens (including phenoxy) is 1. The molecule has 1 atom stereocenters. The molecule has 0 heterocycles. The van der Waals surface area contributed by atoms with Gasteiger partial charge in [0.1, 0.15) is 0 Å². The minimum absolute atomic E-state index is 0.436. The van der Waals surface area contributed by atoms with Crippen molar-refractivity contribution >= 4 is 15.9 Å². The van der Waals surface area contributed by atoms with Gasteiger partial charge in [-0.15, -0.1) is 6.58 Å². The highest BCUT2D eigenvalue weighted by atomic mass is 79.9. The number of alkyl halides is 1. The van der Waals surface area contributed by atoms with Crippen molar-refractivity contribution in [3.8, 4) is 0 Å². The third-order valence-electron chi connectivity index (χ3n) is 2.45. The Kier molecular flexibility index (Phi) is 6.43. The first kappa shape index (κ1) is 13.5. The highest BCUT2D eigenvalue weighted by Crippen LogP contribution is 2.18. The second-order valence-electron chi connectivity index (χ2n) is 4.04. The molecule has 1 rings (SSSR count). The van der Waals surface area contributed by atoms with E-state index in [1.165, 1.54) is 11.1 Å². The third kappa shape index (κ3) is 4.95. The zero-order chi connectivity index (χ0) is 11.8. The number of hydrogen-bond donors (Lipinski definition) is 0. The van der Waals surface area contributed by atoms with E-state index in [0.717, 1.165) is 25.0 Å². The molecule has 0 radical (unpaired) electrons. The SMILES string of the molecule is C=C(C)CCOCC(CBr)c1ccccc1. The Hall–Kier alpha value is -0.600. The zero-order valence-electron chi connectivity index (χ0n) is 9.79. The first-order chi connectivity index (χ1) is 7.74. The molecule has 1 nitrogen and oxygen atoms in total. The lowest BCUT2D eigenvalue weighted by molar-refractivity contribution is 0.127. The first-order valence-electron chi connectivity index (χ1n) is 5.57. The van der Waals surface area contributed by atoms with E-state index in [1.807, 2.05) is 13.0 Å². The second-order valence-corrected chi connectivity index (χ2v) is 4.69. The molecule has 16 heavy (non-hydrogen) atoms. The van der Waals surface area contributed by atoms with Gasteiger partial charge in [-0.2, -0.15) is 0 Å². The number of rotatable bonds is 7. The molecule has 0 aromatic heterocycles. The second kappa shape index (κ2) is 7.64. The molecule has 2 heteroatoms. The molecule has 0 amide bonds. The molecule has 0 bridgehead atoms. The average Bonchev–Trinajstić information content (AvgIpc) is 2.30. The normalized spacial score (nSPS) is 12.4. The molecule has 1 unspecified atom stereocenters. The molecule has 0 aliphatic rings. The van der Waals surface area contributed by atoms with Gasteiger partial charge in [0.15, 0.2) is 0 Å². The molecule has 0 N–H and O–H groups in total. The Labute approximate surface area is 107 Å². The van der Waals surface area contributed by atoms with Crippen LogP contribution in [0.3, 0.4) is 0 Å². The van der Waals surface area contributed by atoms with Crippen molar-refractivity contribution in [2.45, 2.75) is 19.3 Å². The van der Waals surface area contributed by atoms with Crippen LogP contribution >= 0.6 is 15.9 Å². The number of hydrogen-bond acceptors (Lipinski definition) is 1. The standard InChI is InChI=1S/C14H19BrO/c1-12(2)8-9-16-11-14(10-15)13-6-4-3-5-7-13/h3-7,14H,1,8-11H2,2H3. The lowest BCUT2D eigenvalue weighted by atomic mass is 10.0. The molecular formula is C14H19BrO. The molecule has 0 aliphatic heterocycles.